The maximum Gasteiger partial charge on any atom is 0.320 e. The minimum atomic E-state index is 0.213. The fraction of sp³-hybridized carbons (Fsp3) is 0.909. The number of carbonyl (C=O) groups excluding carboxylic acids is 1. The Labute approximate surface area is 91.2 Å². The molecule has 86 valence electrons. The van der Waals surface area contributed by atoms with Gasteiger partial charge in [-0.15, -0.1) is 0 Å². The fourth-order valence-electron chi connectivity index (χ4n) is 2.32. The van der Waals surface area contributed by atoms with Gasteiger partial charge in [-0.3, -0.25) is 0 Å². The van der Waals surface area contributed by atoms with Crippen molar-refractivity contribution >= 4 is 6.03 Å². The third kappa shape index (κ3) is 2.62. The highest BCUT2D eigenvalue weighted by atomic mass is 16.5. The first-order valence-electron chi connectivity index (χ1n) is 5.89. The largest absolute Gasteiger partial charge is 0.378 e. The molecule has 2 aliphatic rings. The molecule has 0 aromatic heterocycles. The van der Waals surface area contributed by atoms with Gasteiger partial charge in [0, 0.05) is 26.2 Å². The third-order valence-electron chi connectivity index (χ3n) is 3.21. The van der Waals surface area contributed by atoms with Gasteiger partial charge < -0.3 is 14.5 Å². The average molecular weight is 212 g/mol. The van der Waals surface area contributed by atoms with Gasteiger partial charge in [0.25, 0.3) is 0 Å². The Hall–Kier alpha value is -0.770. The number of likely N-dealkylation sites (tertiary alicyclic amines) is 1. The summed E-state index contributed by atoms with van der Waals surface area (Å²) in [6.45, 7) is 6.97. The molecular weight excluding hydrogens is 192 g/mol. The van der Waals surface area contributed by atoms with Gasteiger partial charge in [-0.1, -0.05) is 6.92 Å². The van der Waals surface area contributed by atoms with Crippen molar-refractivity contribution in [1.82, 2.24) is 9.80 Å². The smallest absolute Gasteiger partial charge is 0.320 e. The van der Waals surface area contributed by atoms with Crippen molar-refractivity contribution in [3.63, 3.8) is 0 Å². The summed E-state index contributed by atoms with van der Waals surface area (Å²) in [6.07, 6.45) is 2.41. The predicted octanol–water partition coefficient (Wildman–Crippen LogP) is 1.17. The van der Waals surface area contributed by atoms with E-state index in [0.29, 0.717) is 19.1 Å². The molecule has 2 rings (SSSR count). The number of morpholine rings is 1. The summed E-state index contributed by atoms with van der Waals surface area (Å²) in [4.78, 5) is 16.0. The van der Waals surface area contributed by atoms with Crippen molar-refractivity contribution in [1.29, 1.82) is 0 Å². The van der Waals surface area contributed by atoms with Crippen LogP contribution in [0.3, 0.4) is 0 Å². The molecule has 0 bridgehead atoms. The van der Waals surface area contributed by atoms with E-state index in [0.717, 1.165) is 32.6 Å². The molecular formula is C11H20N2O2. The fourth-order valence-corrected chi connectivity index (χ4v) is 2.32. The maximum absolute atomic E-state index is 12.1. The van der Waals surface area contributed by atoms with E-state index in [1.54, 1.807) is 0 Å². The number of carbonyl (C=O) groups is 1. The van der Waals surface area contributed by atoms with E-state index in [9.17, 15) is 4.79 Å². The maximum atomic E-state index is 12.1. The number of amides is 2. The number of urea groups is 1. The Kier molecular flexibility index (Phi) is 3.46. The number of rotatable bonds is 0. The normalized spacial score (nSPS) is 27.9. The predicted molar refractivity (Wildman–Crippen MR) is 57.8 cm³/mol. The molecule has 0 unspecified atom stereocenters. The Morgan fingerprint density at radius 3 is 2.60 bits per heavy atom. The highest BCUT2D eigenvalue weighted by Crippen LogP contribution is 2.17. The zero-order valence-corrected chi connectivity index (χ0v) is 9.45. The van der Waals surface area contributed by atoms with Crippen LogP contribution >= 0.6 is 0 Å². The summed E-state index contributed by atoms with van der Waals surface area (Å²) in [5, 5.41) is 0. The molecule has 0 aliphatic carbocycles. The summed E-state index contributed by atoms with van der Waals surface area (Å²) in [6, 6.07) is 0.213. The van der Waals surface area contributed by atoms with Crippen molar-refractivity contribution in [3.05, 3.63) is 0 Å². The second-order valence-corrected chi connectivity index (χ2v) is 4.58. The molecule has 4 heteroatoms. The summed E-state index contributed by atoms with van der Waals surface area (Å²) in [7, 11) is 0. The SMILES string of the molecule is C[C@H]1CCCN(C(=O)N2CCOCC2)C1. The van der Waals surface area contributed by atoms with E-state index in [1.807, 2.05) is 9.80 Å². The molecule has 0 N–H and O–H groups in total. The molecule has 0 spiro atoms. The van der Waals surface area contributed by atoms with Crippen molar-refractivity contribution in [2.24, 2.45) is 5.92 Å². The molecule has 1 atom stereocenters. The molecule has 0 aromatic rings. The number of ether oxygens (including phenoxy) is 1. The summed E-state index contributed by atoms with van der Waals surface area (Å²) >= 11 is 0. The highest BCUT2D eigenvalue weighted by Gasteiger charge is 2.26. The standard InChI is InChI=1S/C11H20N2O2/c1-10-3-2-4-13(9-10)11(14)12-5-7-15-8-6-12/h10H,2-9H2,1H3/t10-/m0/s1. The van der Waals surface area contributed by atoms with Crippen molar-refractivity contribution in [2.45, 2.75) is 19.8 Å². The van der Waals surface area contributed by atoms with E-state index in [2.05, 4.69) is 6.92 Å². The molecule has 15 heavy (non-hydrogen) atoms. The zero-order chi connectivity index (χ0) is 10.7. The summed E-state index contributed by atoms with van der Waals surface area (Å²) in [5.74, 6) is 0.656. The lowest BCUT2D eigenvalue weighted by Crippen LogP contribution is -2.50. The zero-order valence-electron chi connectivity index (χ0n) is 9.45. The Morgan fingerprint density at radius 1 is 1.20 bits per heavy atom. The summed E-state index contributed by atoms with van der Waals surface area (Å²) < 4.78 is 5.25. The van der Waals surface area contributed by atoms with Gasteiger partial charge in [0.05, 0.1) is 13.2 Å². The molecule has 2 fully saturated rings. The van der Waals surface area contributed by atoms with Crippen LogP contribution in [-0.2, 0) is 4.74 Å². The van der Waals surface area contributed by atoms with Gasteiger partial charge in [0.2, 0.25) is 0 Å². The molecule has 4 nitrogen and oxygen atoms in total. The second kappa shape index (κ2) is 4.84. The lowest BCUT2D eigenvalue weighted by atomic mass is 10.0. The molecule has 2 amide bonds. The number of piperidine rings is 1. The molecule has 0 radical (unpaired) electrons. The van der Waals surface area contributed by atoms with Crippen LogP contribution in [0, 0.1) is 5.92 Å². The molecule has 0 aromatic carbocycles. The van der Waals surface area contributed by atoms with Gasteiger partial charge >= 0.3 is 6.03 Å². The van der Waals surface area contributed by atoms with Crippen LogP contribution in [0.4, 0.5) is 4.79 Å². The van der Waals surface area contributed by atoms with Crippen LogP contribution in [0.25, 0.3) is 0 Å². The first kappa shape index (κ1) is 10.7. The van der Waals surface area contributed by atoms with Crippen LogP contribution in [0.1, 0.15) is 19.8 Å². The lowest BCUT2D eigenvalue weighted by Gasteiger charge is -2.36. The van der Waals surface area contributed by atoms with Crippen LogP contribution in [0.15, 0.2) is 0 Å². The minimum absolute atomic E-state index is 0.213. The van der Waals surface area contributed by atoms with Gasteiger partial charge in [-0.05, 0) is 18.8 Å². The number of hydrogen-bond acceptors (Lipinski definition) is 2. The third-order valence-corrected chi connectivity index (χ3v) is 3.21. The molecule has 2 aliphatic heterocycles. The van der Waals surface area contributed by atoms with Crippen molar-refractivity contribution < 1.29 is 9.53 Å². The van der Waals surface area contributed by atoms with Crippen LogP contribution in [-0.4, -0.2) is 55.2 Å². The van der Waals surface area contributed by atoms with Crippen molar-refractivity contribution in [3.8, 4) is 0 Å². The lowest BCUT2D eigenvalue weighted by molar-refractivity contribution is 0.0396. The average Bonchev–Trinajstić information content (AvgIpc) is 2.29. The first-order valence-corrected chi connectivity index (χ1v) is 5.89. The highest BCUT2D eigenvalue weighted by molar-refractivity contribution is 5.74. The van der Waals surface area contributed by atoms with Crippen LogP contribution in [0.2, 0.25) is 0 Å². The first-order chi connectivity index (χ1) is 7.27. The van der Waals surface area contributed by atoms with E-state index in [1.165, 1.54) is 6.42 Å². The van der Waals surface area contributed by atoms with E-state index in [4.69, 9.17) is 4.74 Å². The van der Waals surface area contributed by atoms with E-state index < -0.39 is 0 Å². The van der Waals surface area contributed by atoms with E-state index >= 15 is 0 Å². The Balaban J connectivity index is 1.88. The topological polar surface area (TPSA) is 32.8 Å². The van der Waals surface area contributed by atoms with Gasteiger partial charge in [-0.25, -0.2) is 4.79 Å². The van der Waals surface area contributed by atoms with Gasteiger partial charge in [0.15, 0.2) is 0 Å². The molecule has 0 saturated carbocycles. The quantitative estimate of drug-likeness (QED) is 0.604. The van der Waals surface area contributed by atoms with Crippen LogP contribution in [0.5, 0.6) is 0 Å². The van der Waals surface area contributed by atoms with E-state index in [-0.39, 0.29) is 6.03 Å². The summed E-state index contributed by atoms with van der Waals surface area (Å²) in [5.41, 5.74) is 0. The van der Waals surface area contributed by atoms with Crippen molar-refractivity contribution in [2.75, 3.05) is 39.4 Å². The second-order valence-electron chi connectivity index (χ2n) is 4.58. The molecule has 2 heterocycles. The Morgan fingerprint density at radius 2 is 1.93 bits per heavy atom. The Bertz CT molecular complexity index is 227. The number of nitrogens with zero attached hydrogens (tertiary/aromatic N) is 2. The monoisotopic (exact) mass is 212 g/mol. The molecule has 2 saturated heterocycles. The number of hydrogen-bond donors (Lipinski definition) is 0. The van der Waals surface area contributed by atoms with Crippen LogP contribution < -0.4 is 0 Å². The van der Waals surface area contributed by atoms with Gasteiger partial charge in [-0.2, -0.15) is 0 Å². The van der Waals surface area contributed by atoms with Gasteiger partial charge in [0.1, 0.15) is 0 Å². The minimum Gasteiger partial charge on any atom is -0.378 e.